The molecule has 0 radical (unpaired) electrons. The van der Waals surface area contributed by atoms with Crippen LogP contribution < -0.4 is 0 Å². The molecular formula is C25H48PSm-3. The molecule has 0 heterocycles. The fourth-order valence-corrected chi connectivity index (χ4v) is 7.72. The zero-order valence-corrected chi connectivity index (χ0v) is 24.2. The number of hydrogen-bond donors (Lipinski definition) is 0. The zero-order chi connectivity index (χ0) is 18.3. The van der Waals surface area contributed by atoms with E-state index in [1.165, 1.54) is 27.9 Å². The van der Waals surface area contributed by atoms with E-state index in [9.17, 15) is 0 Å². The van der Waals surface area contributed by atoms with Gasteiger partial charge in [-0.1, -0.05) is 34.3 Å². The van der Waals surface area contributed by atoms with E-state index in [0.29, 0.717) is 0 Å². The van der Waals surface area contributed by atoms with Crippen molar-refractivity contribution in [2.45, 2.75) is 61.0 Å². The van der Waals surface area contributed by atoms with E-state index in [1.807, 2.05) is 0 Å². The topological polar surface area (TPSA) is 0 Å². The number of rotatable bonds is 1. The van der Waals surface area contributed by atoms with Gasteiger partial charge in [0.15, 0.2) is 0 Å². The molecule has 1 fully saturated rings. The van der Waals surface area contributed by atoms with Crippen LogP contribution in [0.3, 0.4) is 0 Å². The Morgan fingerprint density at radius 2 is 0.926 bits per heavy atom. The molecule has 27 heavy (non-hydrogen) atoms. The molecule has 0 aliphatic heterocycles. The third-order valence-corrected chi connectivity index (χ3v) is 9.52. The first-order valence-electron chi connectivity index (χ1n) is 9.05. The SMILES string of the molecule is C=C1C(C)=C(C)C(C)=C1C.[CH2-][P+](C)(C)C1C(C)C(C)C(C)C1C.[CH3-].[CH3-].[CH3-].[Sm]. The Labute approximate surface area is 207 Å². The van der Waals surface area contributed by atoms with E-state index < -0.39 is 7.26 Å². The number of hydrogen-bond acceptors (Lipinski definition) is 0. The molecule has 1 saturated carbocycles. The third-order valence-electron chi connectivity index (χ3n) is 6.97. The Morgan fingerprint density at radius 3 is 1.04 bits per heavy atom. The van der Waals surface area contributed by atoms with Gasteiger partial charge in [-0.25, -0.2) is 0 Å². The van der Waals surface area contributed by atoms with E-state index in [2.05, 4.69) is 82.0 Å². The van der Waals surface area contributed by atoms with Crippen molar-refractivity contribution < 1.29 is 40.4 Å². The fraction of sp³-hybridized carbons (Fsp3) is 0.600. The van der Waals surface area contributed by atoms with E-state index >= 15 is 0 Å². The van der Waals surface area contributed by atoms with E-state index in [4.69, 9.17) is 0 Å². The van der Waals surface area contributed by atoms with Crippen molar-refractivity contribution in [3.8, 4) is 0 Å². The summed E-state index contributed by atoms with van der Waals surface area (Å²) in [4.78, 5) is 0. The van der Waals surface area contributed by atoms with Gasteiger partial charge in [-0.05, 0) is 79.2 Å². The maximum absolute atomic E-state index is 4.43. The summed E-state index contributed by atoms with van der Waals surface area (Å²) in [6, 6.07) is 0. The first-order valence-corrected chi connectivity index (χ1v) is 12.0. The molecule has 0 nitrogen and oxygen atoms in total. The molecule has 0 amide bonds. The predicted molar refractivity (Wildman–Crippen MR) is 130 cm³/mol. The van der Waals surface area contributed by atoms with Gasteiger partial charge in [0.05, 0.1) is 0 Å². The van der Waals surface area contributed by atoms with Gasteiger partial charge >= 0.3 is 0 Å². The van der Waals surface area contributed by atoms with Crippen molar-refractivity contribution in [2.75, 3.05) is 13.3 Å². The van der Waals surface area contributed by atoms with Gasteiger partial charge in [-0.2, -0.15) is 6.66 Å². The summed E-state index contributed by atoms with van der Waals surface area (Å²) in [5.41, 5.74) is 7.64. The Kier molecular flexibility index (Phi) is 17.5. The summed E-state index contributed by atoms with van der Waals surface area (Å²) < 4.78 is 0. The van der Waals surface area contributed by atoms with Crippen LogP contribution in [-0.4, -0.2) is 19.0 Å². The Hall–Kier alpha value is 0.988. The second-order valence-electron chi connectivity index (χ2n) is 8.68. The second kappa shape index (κ2) is 13.3. The summed E-state index contributed by atoms with van der Waals surface area (Å²) in [6.07, 6.45) is 0. The maximum Gasteiger partial charge on any atom is 0.0481 e. The first kappa shape index (κ1) is 35.4. The van der Waals surface area contributed by atoms with Crippen LogP contribution in [0.5, 0.6) is 0 Å². The van der Waals surface area contributed by atoms with Crippen molar-refractivity contribution in [1.29, 1.82) is 0 Å². The van der Waals surface area contributed by atoms with Crippen LogP contribution in [0.4, 0.5) is 0 Å². The molecule has 162 valence electrons. The van der Waals surface area contributed by atoms with E-state index in [0.717, 1.165) is 29.3 Å². The minimum atomic E-state index is -0.900. The van der Waals surface area contributed by atoms with Crippen molar-refractivity contribution in [1.82, 2.24) is 0 Å². The molecule has 2 aliphatic carbocycles. The molecule has 2 aliphatic rings. The molecule has 0 aromatic heterocycles. The molecule has 0 aromatic carbocycles. The largest absolute Gasteiger partial charge is 0.358 e. The molecule has 0 aromatic rings. The summed E-state index contributed by atoms with van der Waals surface area (Å²) in [5.74, 6) is 3.54. The summed E-state index contributed by atoms with van der Waals surface area (Å²) in [6.45, 7) is 31.5. The van der Waals surface area contributed by atoms with Crippen LogP contribution in [0.2, 0.25) is 0 Å². The Morgan fingerprint density at radius 1 is 0.667 bits per heavy atom. The third kappa shape index (κ3) is 7.63. The van der Waals surface area contributed by atoms with Crippen LogP contribution >= 0.6 is 7.26 Å². The quantitative estimate of drug-likeness (QED) is 0.236. The minimum absolute atomic E-state index is 0. The van der Waals surface area contributed by atoms with Crippen LogP contribution in [0.1, 0.15) is 55.4 Å². The van der Waals surface area contributed by atoms with Crippen molar-refractivity contribution in [2.24, 2.45) is 23.7 Å². The molecular weight excluding hydrogens is 482 g/mol. The smallest absolute Gasteiger partial charge is 0.0481 e. The molecule has 2 rings (SSSR count). The van der Waals surface area contributed by atoms with Gasteiger partial charge in [-0.15, -0.1) is 7.26 Å². The summed E-state index contributed by atoms with van der Waals surface area (Å²) in [7, 11) is -0.900. The molecule has 0 bridgehead atoms. The predicted octanol–water partition coefficient (Wildman–Crippen LogP) is 8.56. The van der Waals surface area contributed by atoms with Crippen LogP contribution in [0.15, 0.2) is 34.4 Å². The molecule has 0 spiro atoms. The van der Waals surface area contributed by atoms with Crippen molar-refractivity contribution >= 4 is 7.26 Å². The van der Waals surface area contributed by atoms with Crippen LogP contribution in [0.25, 0.3) is 0 Å². The molecule has 0 saturated heterocycles. The second-order valence-corrected chi connectivity index (χ2v) is 12.8. The summed E-state index contributed by atoms with van der Waals surface area (Å²) in [5, 5.41) is 0. The van der Waals surface area contributed by atoms with Crippen LogP contribution in [-0.2, 0) is 0 Å². The van der Waals surface area contributed by atoms with Crippen molar-refractivity contribution in [3.63, 3.8) is 0 Å². The van der Waals surface area contributed by atoms with E-state index in [-0.39, 0.29) is 62.7 Å². The average Bonchev–Trinajstić information content (AvgIpc) is 2.75. The summed E-state index contributed by atoms with van der Waals surface area (Å²) >= 11 is 0. The molecule has 2 heteroatoms. The standard InChI is InChI=1S/C12H25P.C10H14.3CH3.Sm/c1-8-9(2)11(4)12(10(8)3)13(5,6)7;1-6-7(2)9(4)10(5)8(6)3;;;;/h8-12H,5H2,1-4,6-7H3;1H2,2-5H3;3*1H3;/q;;3*-1;. The number of allylic oxidation sites excluding steroid dienone is 5. The van der Waals surface area contributed by atoms with Gasteiger partial charge < -0.3 is 22.3 Å². The fourth-order valence-electron chi connectivity index (χ4n) is 4.63. The molecule has 4 unspecified atom stereocenters. The molecule has 4 atom stereocenters. The Bertz CT molecular complexity index is 493. The zero-order valence-electron chi connectivity index (χ0n) is 20.7. The monoisotopic (exact) mass is 531 g/mol. The average molecular weight is 530 g/mol. The van der Waals surface area contributed by atoms with E-state index in [1.54, 1.807) is 0 Å². The van der Waals surface area contributed by atoms with Gasteiger partial charge in [0.25, 0.3) is 0 Å². The first-order chi connectivity index (χ1) is 10.3. The molecule has 0 N–H and O–H groups in total. The van der Waals surface area contributed by atoms with Crippen molar-refractivity contribution in [3.05, 3.63) is 63.4 Å². The van der Waals surface area contributed by atoms with Gasteiger partial charge in [0.2, 0.25) is 0 Å². The van der Waals surface area contributed by atoms with Gasteiger partial charge in [0, 0.05) is 59.4 Å². The van der Waals surface area contributed by atoms with Gasteiger partial charge in [0.1, 0.15) is 0 Å². The normalized spacial score (nSPS) is 29.7. The minimum Gasteiger partial charge on any atom is -0.358 e. The van der Waals surface area contributed by atoms with Gasteiger partial charge in [-0.3, -0.25) is 0 Å². The maximum atomic E-state index is 4.43. The van der Waals surface area contributed by atoms with Crippen LogP contribution in [0, 0.1) is 93.0 Å². The Balaban J connectivity index is -0.000000174.